The van der Waals surface area contributed by atoms with Crippen molar-refractivity contribution in [1.82, 2.24) is 5.32 Å². The third kappa shape index (κ3) is 6.54. The number of nitrogens with two attached hydrogens (primary N) is 1. The number of benzene rings is 1. The Balaban J connectivity index is 0.00000361. The van der Waals surface area contributed by atoms with Crippen LogP contribution in [0.5, 0.6) is 0 Å². The molecule has 0 aliphatic carbocycles. The van der Waals surface area contributed by atoms with E-state index in [1.54, 1.807) is 24.3 Å². The summed E-state index contributed by atoms with van der Waals surface area (Å²) >= 11 is 0. The third-order valence-electron chi connectivity index (χ3n) is 2.57. The molecule has 0 bridgehead atoms. The Morgan fingerprint density at radius 3 is 2.40 bits per heavy atom. The second kappa shape index (κ2) is 10.2. The molecule has 0 aliphatic rings. The molecule has 0 aliphatic heterocycles. The van der Waals surface area contributed by atoms with E-state index >= 15 is 0 Å². The Bertz CT molecular complexity index is 421. The van der Waals surface area contributed by atoms with E-state index in [4.69, 9.17) is 5.73 Å². The zero-order valence-electron chi connectivity index (χ0n) is 11.6. The van der Waals surface area contributed by atoms with Gasteiger partial charge in [0.15, 0.2) is 0 Å². The summed E-state index contributed by atoms with van der Waals surface area (Å²) in [6.45, 7) is 3.17. The zero-order chi connectivity index (χ0) is 14.1. The summed E-state index contributed by atoms with van der Waals surface area (Å²) in [7, 11) is 0. The van der Waals surface area contributed by atoms with E-state index in [0.717, 1.165) is 6.42 Å². The lowest BCUT2D eigenvalue weighted by Gasteiger charge is -2.06. The molecule has 0 unspecified atom stereocenters. The van der Waals surface area contributed by atoms with Gasteiger partial charge in [0, 0.05) is 24.2 Å². The molecule has 0 saturated heterocycles. The summed E-state index contributed by atoms with van der Waals surface area (Å²) in [6.07, 6.45) is 1.99. The number of nitrogens with one attached hydrogen (secondary N) is 2. The average molecular weight is 300 g/mol. The predicted octanol–water partition coefficient (Wildman–Crippen LogP) is 1.93. The maximum atomic E-state index is 11.7. The highest BCUT2D eigenvalue weighted by atomic mass is 35.5. The molecule has 0 fully saturated rings. The highest BCUT2D eigenvalue weighted by Gasteiger charge is 2.05. The molecule has 20 heavy (non-hydrogen) atoms. The Hall–Kier alpha value is -1.59. The number of rotatable bonds is 7. The Labute approximate surface area is 125 Å². The monoisotopic (exact) mass is 299 g/mol. The molecule has 0 spiro atoms. The molecule has 1 aromatic rings. The van der Waals surface area contributed by atoms with Gasteiger partial charge in [0.05, 0.1) is 0 Å². The summed E-state index contributed by atoms with van der Waals surface area (Å²) in [6, 6.07) is 6.84. The van der Waals surface area contributed by atoms with Gasteiger partial charge in [-0.05, 0) is 43.7 Å². The number of carbonyl (C=O) groups excluding carboxylic acids is 2. The number of amides is 2. The van der Waals surface area contributed by atoms with Gasteiger partial charge in [0.1, 0.15) is 0 Å². The van der Waals surface area contributed by atoms with Crippen LogP contribution in [0.2, 0.25) is 0 Å². The first-order chi connectivity index (χ1) is 9.17. The fraction of sp³-hybridized carbons (Fsp3) is 0.429. The van der Waals surface area contributed by atoms with Crippen LogP contribution in [0.15, 0.2) is 24.3 Å². The van der Waals surface area contributed by atoms with E-state index in [9.17, 15) is 9.59 Å². The van der Waals surface area contributed by atoms with Crippen molar-refractivity contribution in [1.29, 1.82) is 0 Å². The summed E-state index contributed by atoms with van der Waals surface area (Å²) in [5, 5.41) is 5.56. The maximum Gasteiger partial charge on any atom is 0.251 e. The lowest BCUT2D eigenvalue weighted by atomic mass is 10.2. The summed E-state index contributed by atoms with van der Waals surface area (Å²) in [5.41, 5.74) is 6.62. The Kier molecular flexibility index (Phi) is 9.41. The molecule has 0 saturated carbocycles. The minimum atomic E-state index is -0.0946. The van der Waals surface area contributed by atoms with Crippen LogP contribution < -0.4 is 16.4 Å². The molecule has 1 rings (SSSR count). The number of halogens is 1. The summed E-state index contributed by atoms with van der Waals surface area (Å²) in [4.78, 5) is 23.2. The zero-order valence-corrected chi connectivity index (χ0v) is 12.5. The van der Waals surface area contributed by atoms with Gasteiger partial charge in [-0.2, -0.15) is 0 Å². The van der Waals surface area contributed by atoms with Crippen LogP contribution in [-0.4, -0.2) is 24.9 Å². The summed E-state index contributed by atoms with van der Waals surface area (Å²) < 4.78 is 0. The van der Waals surface area contributed by atoms with Crippen molar-refractivity contribution in [2.24, 2.45) is 5.73 Å². The van der Waals surface area contributed by atoms with E-state index in [2.05, 4.69) is 10.6 Å². The molecule has 0 atom stereocenters. The largest absolute Gasteiger partial charge is 0.352 e. The Morgan fingerprint density at radius 1 is 1.20 bits per heavy atom. The van der Waals surface area contributed by atoms with E-state index in [1.807, 2.05) is 6.92 Å². The summed E-state index contributed by atoms with van der Waals surface area (Å²) in [5.74, 6) is -0.156. The minimum Gasteiger partial charge on any atom is -0.352 e. The first-order valence-corrected chi connectivity index (χ1v) is 6.55. The van der Waals surface area contributed by atoms with Crippen LogP contribution in [0.1, 0.15) is 36.5 Å². The van der Waals surface area contributed by atoms with Gasteiger partial charge in [0.2, 0.25) is 5.91 Å². The maximum absolute atomic E-state index is 11.7. The standard InChI is InChI=1S/C14H21N3O2.ClH/c1-2-10-16-14(19)11-5-7-12(8-6-11)17-13(18)4-3-9-15;/h5-8H,2-4,9-10,15H2,1H3,(H,16,19)(H,17,18);1H. The van der Waals surface area contributed by atoms with Crippen molar-refractivity contribution < 1.29 is 9.59 Å². The van der Waals surface area contributed by atoms with Gasteiger partial charge in [-0.1, -0.05) is 6.92 Å². The first kappa shape index (κ1) is 18.4. The molecule has 5 nitrogen and oxygen atoms in total. The lowest BCUT2D eigenvalue weighted by Crippen LogP contribution is -2.23. The van der Waals surface area contributed by atoms with Gasteiger partial charge in [-0.3, -0.25) is 9.59 Å². The molecular formula is C14H22ClN3O2. The topological polar surface area (TPSA) is 84.2 Å². The molecular weight excluding hydrogens is 278 g/mol. The van der Waals surface area contributed by atoms with Crippen molar-refractivity contribution in [2.45, 2.75) is 26.2 Å². The van der Waals surface area contributed by atoms with Crippen LogP contribution in [0.25, 0.3) is 0 Å². The third-order valence-corrected chi connectivity index (χ3v) is 2.57. The number of carbonyl (C=O) groups is 2. The first-order valence-electron chi connectivity index (χ1n) is 6.55. The SMILES string of the molecule is CCCNC(=O)c1ccc(NC(=O)CCCN)cc1.Cl. The van der Waals surface area contributed by atoms with Gasteiger partial charge in [-0.25, -0.2) is 0 Å². The second-order valence-corrected chi connectivity index (χ2v) is 4.27. The predicted molar refractivity (Wildman–Crippen MR) is 83.2 cm³/mol. The van der Waals surface area contributed by atoms with Crippen LogP contribution in [-0.2, 0) is 4.79 Å². The van der Waals surface area contributed by atoms with Crippen molar-refractivity contribution in [3.63, 3.8) is 0 Å². The highest BCUT2D eigenvalue weighted by molar-refractivity contribution is 5.95. The number of anilines is 1. The van der Waals surface area contributed by atoms with Crippen LogP contribution in [0.4, 0.5) is 5.69 Å². The van der Waals surface area contributed by atoms with Gasteiger partial charge in [-0.15, -0.1) is 12.4 Å². The van der Waals surface area contributed by atoms with Crippen molar-refractivity contribution in [3.8, 4) is 0 Å². The molecule has 0 aromatic heterocycles. The van der Waals surface area contributed by atoms with Crippen LogP contribution in [0.3, 0.4) is 0 Å². The smallest absolute Gasteiger partial charge is 0.251 e. The van der Waals surface area contributed by atoms with Gasteiger partial charge < -0.3 is 16.4 Å². The highest BCUT2D eigenvalue weighted by Crippen LogP contribution is 2.10. The fourth-order valence-corrected chi connectivity index (χ4v) is 1.53. The van der Waals surface area contributed by atoms with Gasteiger partial charge in [0.25, 0.3) is 5.91 Å². The molecule has 0 radical (unpaired) electrons. The van der Waals surface area contributed by atoms with Crippen molar-refractivity contribution in [2.75, 3.05) is 18.4 Å². The Morgan fingerprint density at radius 2 is 1.85 bits per heavy atom. The molecule has 4 N–H and O–H groups in total. The minimum absolute atomic E-state index is 0. The number of hydrogen-bond donors (Lipinski definition) is 3. The lowest BCUT2D eigenvalue weighted by molar-refractivity contribution is -0.116. The van der Waals surface area contributed by atoms with Crippen molar-refractivity contribution in [3.05, 3.63) is 29.8 Å². The quantitative estimate of drug-likeness (QED) is 0.719. The molecule has 6 heteroatoms. The second-order valence-electron chi connectivity index (χ2n) is 4.27. The molecule has 112 valence electrons. The van der Waals surface area contributed by atoms with Crippen molar-refractivity contribution >= 4 is 29.9 Å². The van der Waals surface area contributed by atoms with E-state index in [-0.39, 0.29) is 24.2 Å². The van der Waals surface area contributed by atoms with Crippen LogP contribution in [0, 0.1) is 0 Å². The molecule has 0 heterocycles. The normalized spacial score (nSPS) is 9.50. The van der Waals surface area contributed by atoms with E-state index < -0.39 is 0 Å². The van der Waals surface area contributed by atoms with Gasteiger partial charge >= 0.3 is 0 Å². The molecule has 1 aromatic carbocycles. The van der Waals surface area contributed by atoms with E-state index in [0.29, 0.717) is 37.2 Å². The van der Waals surface area contributed by atoms with E-state index in [1.165, 1.54) is 0 Å². The van der Waals surface area contributed by atoms with Crippen LogP contribution >= 0.6 is 12.4 Å². The fourth-order valence-electron chi connectivity index (χ4n) is 1.53. The molecule has 2 amide bonds. The number of hydrogen-bond acceptors (Lipinski definition) is 3. The average Bonchev–Trinajstić information content (AvgIpc) is 2.43.